The molecule has 48 heavy (non-hydrogen) atoms. The van der Waals surface area contributed by atoms with Crippen LogP contribution >= 0.6 is 0 Å². The zero-order valence-electron chi connectivity index (χ0n) is 27.5. The second kappa shape index (κ2) is 23.0. The average molecular weight is 696 g/mol. The standard InChI is InChI=1S/C29H53N5O14/c1-17(37)33-21-5-3-19(15-35)47-28(21)45-13-11-44-10-8-32-27(42)20(30)4-6-23(39)31-7-9-43-12-14-46-29-24(34-18(2)38)26(41)25(40)22(16-36)48-29/h19-22,24-26,28-29,35-36,40-41H,3-16,30H2,1-2H3,(H,31,39)(H,32,42)(H,33,37)(H,34,38). The summed E-state index contributed by atoms with van der Waals surface area (Å²) in [5, 5.41) is 49.5. The molecule has 0 bridgehead atoms. The number of amides is 4. The van der Waals surface area contributed by atoms with Gasteiger partial charge in [-0.25, -0.2) is 0 Å². The first-order valence-corrected chi connectivity index (χ1v) is 16.1. The molecule has 9 atom stereocenters. The number of hydrogen-bond donors (Lipinski definition) is 9. The molecular formula is C29H53N5O14. The summed E-state index contributed by atoms with van der Waals surface area (Å²) in [6.45, 7) is 3.17. The topological polar surface area (TPSA) is 279 Å². The van der Waals surface area contributed by atoms with Crippen LogP contribution in [-0.4, -0.2) is 165 Å². The van der Waals surface area contributed by atoms with Crippen LogP contribution in [0.2, 0.25) is 0 Å². The van der Waals surface area contributed by atoms with E-state index in [-0.39, 0.29) is 96.1 Å². The Kier molecular flexibility index (Phi) is 19.9. The van der Waals surface area contributed by atoms with E-state index < -0.39 is 61.4 Å². The molecule has 2 saturated heterocycles. The lowest BCUT2D eigenvalue weighted by molar-refractivity contribution is -0.272. The van der Waals surface area contributed by atoms with Crippen LogP contribution in [0.4, 0.5) is 0 Å². The molecule has 278 valence electrons. The highest BCUT2D eigenvalue weighted by atomic mass is 16.7. The molecule has 2 aliphatic heterocycles. The van der Waals surface area contributed by atoms with Crippen LogP contribution in [0.3, 0.4) is 0 Å². The van der Waals surface area contributed by atoms with E-state index >= 15 is 0 Å². The summed E-state index contributed by atoms with van der Waals surface area (Å²) >= 11 is 0. The molecule has 9 unspecified atom stereocenters. The van der Waals surface area contributed by atoms with Crippen molar-refractivity contribution in [2.24, 2.45) is 5.73 Å². The van der Waals surface area contributed by atoms with Gasteiger partial charge in [-0.2, -0.15) is 0 Å². The molecule has 2 rings (SSSR count). The van der Waals surface area contributed by atoms with Gasteiger partial charge < -0.3 is 75.8 Å². The van der Waals surface area contributed by atoms with Gasteiger partial charge in [0, 0.05) is 33.4 Å². The van der Waals surface area contributed by atoms with Gasteiger partial charge in [0.1, 0.15) is 24.4 Å². The van der Waals surface area contributed by atoms with Crippen LogP contribution in [0.15, 0.2) is 0 Å². The molecule has 2 fully saturated rings. The van der Waals surface area contributed by atoms with Gasteiger partial charge in [-0.1, -0.05) is 0 Å². The van der Waals surface area contributed by atoms with Gasteiger partial charge in [-0.15, -0.1) is 0 Å². The SMILES string of the molecule is CC(=O)NC1CCC(CO)OC1OCCOCCNC(=O)C(N)CCC(=O)NCCOCCOC1OC(CO)C(O)C(O)C1NC(C)=O. The average Bonchev–Trinajstić information content (AvgIpc) is 3.05. The number of ether oxygens (including phenoxy) is 6. The number of aliphatic hydroxyl groups is 4. The van der Waals surface area contributed by atoms with Gasteiger partial charge in [-0.3, -0.25) is 19.2 Å². The van der Waals surface area contributed by atoms with Gasteiger partial charge in [0.05, 0.1) is 71.0 Å². The smallest absolute Gasteiger partial charge is 0.237 e. The van der Waals surface area contributed by atoms with Crippen LogP contribution in [-0.2, 0) is 47.6 Å². The highest BCUT2D eigenvalue weighted by molar-refractivity contribution is 5.83. The zero-order valence-corrected chi connectivity index (χ0v) is 27.5. The second-order valence-corrected chi connectivity index (χ2v) is 11.4. The predicted octanol–water partition coefficient (Wildman–Crippen LogP) is -4.66. The van der Waals surface area contributed by atoms with E-state index in [1.54, 1.807) is 0 Å². The number of nitrogens with two attached hydrogens (primary N) is 1. The molecule has 0 radical (unpaired) electrons. The number of nitrogens with one attached hydrogen (secondary N) is 4. The monoisotopic (exact) mass is 695 g/mol. The minimum Gasteiger partial charge on any atom is -0.394 e. The molecule has 0 spiro atoms. The Morgan fingerprint density at radius 1 is 0.792 bits per heavy atom. The Hall–Kier alpha value is -2.56. The van der Waals surface area contributed by atoms with Gasteiger partial charge in [0.25, 0.3) is 0 Å². The van der Waals surface area contributed by atoms with Crippen molar-refractivity contribution in [1.29, 1.82) is 0 Å². The van der Waals surface area contributed by atoms with Crippen molar-refractivity contribution in [3.63, 3.8) is 0 Å². The van der Waals surface area contributed by atoms with E-state index in [9.17, 15) is 39.6 Å². The van der Waals surface area contributed by atoms with Crippen molar-refractivity contribution in [1.82, 2.24) is 21.3 Å². The molecular weight excluding hydrogens is 642 g/mol. The molecule has 0 aliphatic carbocycles. The van der Waals surface area contributed by atoms with Gasteiger partial charge in [0.2, 0.25) is 23.6 Å². The lowest BCUT2D eigenvalue weighted by Gasteiger charge is -2.42. The van der Waals surface area contributed by atoms with Gasteiger partial charge >= 0.3 is 0 Å². The van der Waals surface area contributed by atoms with E-state index in [2.05, 4.69) is 21.3 Å². The molecule has 2 heterocycles. The summed E-state index contributed by atoms with van der Waals surface area (Å²) in [5.74, 6) is -1.41. The van der Waals surface area contributed by atoms with Crippen molar-refractivity contribution < 1.29 is 68.0 Å². The first kappa shape index (κ1) is 41.6. The third kappa shape index (κ3) is 15.3. The summed E-state index contributed by atoms with van der Waals surface area (Å²) in [6, 6.07) is -2.27. The highest BCUT2D eigenvalue weighted by Gasteiger charge is 2.45. The molecule has 10 N–H and O–H groups in total. The van der Waals surface area contributed by atoms with Crippen molar-refractivity contribution in [2.45, 2.75) is 94.7 Å². The maximum absolute atomic E-state index is 12.2. The Morgan fingerprint density at radius 3 is 2.02 bits per heavy atom. The second-order valence-electron chi connectivity index (χ2n) is 11.4. The van der Waals surface area contributed by atoms with E-state index in [1.165, 1.54) is 13.8 Å². The van der Waals surface area contributed by atoms with Crippen LogP contribution < -0.4 is 27.0 Å². The van der Waals surface area contributed by atoms with Crippen molar-refractivity contribution >= 4 is 23.6 Å². The summed E-state index contributed by atoms with van der Waals surface area (Å²) in [4.78, 5) is 47.2. The fourth-order valence-electron chi connectivity index (χ4n) is 4.95. The van der Waals surface area contributed by atoms with Gasteiger partial charge in [-0.05, 0) is 19.3 Å². The molecule has 0 saturated carbocycles. The fraction of sp³-hybridized carbons (Fsp3) is 0.862. The quantitative estimate of drug-likeness (QED) is 0.0482. The Balaban J connectivity index is 1.50. The molecule has 4 amide bonds. The highest BCUT2D eigenvalue weighted by Crippen LogP contribution is 2.22. The van der Waals surface area contributed by atoms with Crippen molar-refractivity contribution in [3.05, 3.63) is 0 Å². The van der Waals surface area contributed by atoms with Crippen molar-refractivity contribution in [3.8, 4) is 0 Å². The molecule has 0 aromatic carbocycles. The van der Waals surface area contributed by atoms with Crippen LogP contribution in [0.1, 0.15) is 39.5 Å². The maximum Gasteiger partial charge on any atom is 0.237 e. The van der Waals surface area contributed by atoms with Gasteiger partial charge in [0.15, 0.2) is 12.6 Å². The van der Waals surface area contributed by atoms with E-state index in [0.29, 0.717) is 12.8 Å². The van der Waals surface area contributed by atoms with Crippen molar-refractivity contribution in [2.75, 3.05) is 65.9 Å². The lowest BCUT2D eigenvalue weighted by atomic mass is 9.97. The molecule has 19 nitrogen and oxygen atoms in total. The fourth-order valence-corrected chi connectivity index (χ4v) is 4.95. The minimum atomic E-state index is -1.41. The lowest BCUT2D eigenvalue weighted by Crippen LogP contribution is -2.64. The Bertz CT molecular complexity index is 981. The Labute approximate surface area is 279 Å². The normalized spacial score (nSPS) is 27.9. The first-order valence-electron chi connectivity index (χ1n) is 16.1. The number of hydrogen-bond acceptors (Lipinski definition) is 15. The van der Waals surface area contributed by atoms with Crippen LogP contribution in [0.25, 0.3) is 0 Å². The third-order valence-electron chi connectivity index (χ3n) is 7.45. The largest absolute Gasteiger partial charge is 0.394 e. The zero-order chi connectivity index (χ0) is 35.5. The number of aliphatic hydroxyl groups excluding tert-OH is 4. The third-order valence-corrected chi connectivity index (χ3v) is 7.45. The molecule has 19 heteroatoms. The summed E-state index contributed by atoms with van der Waals surface area (Å²) in [5.41, 5.74) is 5.89. The summed E-state index contributed by atoms with van der Waals surface area (Å²) in [7, 11) is 0. The maximum atomic E-state index is 12.2. The molecule has 0 aromatic rings. The molecule has 2 aliphatic rings. The number of carbonyl (C=O) groups excluding carboxylic acids is 4. The van der Waals surface area contributed by atoms with Crippen LogP contribution in [0, 0.1) is 0 Å². The molecule has 0 aromatic heterocycles. The number of rotatable bonds is 22. The van der Waals surface area contributed by atoms with E-state index in [4.69, 9.17) is 34.2 Å². The van der Waals surface area contributed by atoms with E-state index in [0.717, 1.165) is 0 Å². The van der Waals surface area contributed by atoms with E-state index in [1.807, 2.05) is 0 Å². The number of carbonyl (C=O) groups is 4. The van der Waals surface area contributed by atoms with Crippen LogP contribution in [0.5, 0.6) is 0 Å². The predicted molar refractivity (Wildman–Crippen MR) is 165 cm³/mol. The first-order chi connectivity index (χ1) is 23.0. The Morgan fingerprint density at radius 2 is 1.42 bits per heavy atom. The minimum absolute atomic E-state index is 0.0000303. The summed E-state index contributed by atoms with van der Waals surface area (Å²) < 4.78 is 33.2. The summed E-state index contributed by atoms with van der Waals surface area (Å²) in [6.07, 6.45) is -4.73.